The normalized spacial score (nSPS) is 14.6. The van der Waals surface area contributed by atoms with Gasteiger partial charge in [-0.3, -0.25) is 19.5 Å². The van der Waals surface area contributed by atoms with Crippen molar-refractivity contribution in [1.82, 2.24) is 25.2 Å². The number of pyridine rings is 1. The number of amidine groups is 1. The van der Waals surface area contributed by atoms with Crippen molar-refractivity contribution in [3.63, 3.8) is 0 Å². The van der Waals surface area contributed by atoms with E-state index >= 15 is 0 Å². The Bertz CT molecular complexity index is 1460. The van der Waals surface area contributed by atoms with Crippen LogP contribution in [0.2, 0.25) is 5.02 Å². The summed E-state index contributed by atoms with van der Waals surface area (Å²) in [7, 11) is 1.63. The Labute approximate surface area is 244 Å². The first-order valence-electron chi connectivity index (χ1n) is 13.3. The Morgan fingerprint density at radius 3 is 2.71 bits per heavy atom. The van der Waals surface area contributed by atoms with Crippen LogP contribution in [-0.4, -0.2) is 64.7 Å². The minimum atomic E-state index is -0.502. The van der Waals surface area contributed by atoms with E-state index < -0.39 is 5.82 Å². The van der Waals surface area contributed by atoms with Gasteiger partial charge in [-0.2, -0.15) is 0 Å². The molecule has 1 aromatic carbocycles. The molecule has 1 fully saturated rings. The second-order valence-electron chi connectivity index (χ2n) is 10.2. The van der Waals surface area contributed by atoms with E-state index in [1.54, 1.807) is 43.6 Å². The Hall–Kier alpha value is -4.18. The van der Waals surface area contributed by atoms with Crippen molar-refractivity contribution in [3.8, 4) is 11.3 Å². The van der Waals surface area contributed by atoms with Crippen LogP contribution < -0.4 is 10.2 Å². The summed E-state index contributed by atoms with van der Waals surface area (Å²) in [6, 6.07) is 7.63. The molecule has 0 saturated heterocycles. The zero-order chi connectivity index (χ0) is 29.6. The Balaban J connectivity index is 1.97. The van der Waals surface area contributed by atoms with Gasteiger partial charge in [0.2, 0.25) is 12.8 Å². The van der Waals surface area contributed by atoms with E-state index in [1.165, 1.54) is 17.3 Å². The average Bonchev–Trinajstić information content (AvgIpc) is 3.73. The third-order valence-corrected chi connectivity index (χ3v) is 7.56. The molecule has 1 aliphatic rings. The quantitative estimate of drug-likeness (QED) is 0.132. The number of nitrogens with one attached hydrogen (secondary N) is 1. The number of halogens is 2. The largest absolute Gasteiger partial charge is 0.357 e. The lowest BCUT2D eigenvalue weighted by Crippen LogP contribution is -2.45. The summed E-state index contributed by atoms with van der Waals surface area (Å²) in [4.78, 5) is 45.5. The van der Waals surface area contributed by atoms with E-state index in [0.29, 0.717) is 49.4 Å². The second kappa shape index (κ2) is 13.0. The number of anilines is 2. The fourth-order valence-electron chi connectivity index (χ4n) is 4.78. The summed E-state index contributed by atoms with van der Waals surface area (Å²) in [6.07, 6.45) is 8.59. The maximum Gasteiger partial charge on any atom is 0.220 e. The minimum absolute atomic E-state index is 0.176. The van der Waals surface area contributed by atoms with Gasteiger partial charge < -0.3 is 10.2 Å². The topological polar surface area (TPSA) is 104 Å². The number of nitrogens with zero attached hydrogens (tertiary/aromatic N) is 6. The van der Waals surface area contributed by atoms with Gasteiger partial charge in [-0.15, -0.1) is 6.58 Å². The molecule has 0 aliphatic heterocycles. The van der Waals surface area contributed by atoms with Gasteiger partial charge in [-0.25, -0.2) is 19.3 Å². The predicted octanol–water partition coefficient (Wildman–Crippen LogP) is 5.07. The molecule has 1 saturated carbocycles. The molecule has 214 valence electrons. The Kier molecular flexibility index (Phi) is 9.44. The molecule has 2 amide bonds. The van der Waals surface area contributed by atoms with E-state index in [9.17, 15) is 14.0 Å². The summed E-state index contributed by atoms with van der Waals surface area (Å²) in [5, 5.41) is 2.90. The van der Waals surface area contributed by atoms with E-state index in [2.05, 4.69) is 33.8 Å². The number of hydrogen-bond acceptors (Lipinski definition) is 6. The average molecular weight is 578 g/mol. The molecule has 1 N–H and O–H groups in total. The van der Waals surface area contributed by atoms with E-state index in [-0.39, 0.29) is 33.6 Å². The van der Waals surface area contributed by atoms with Crippen LogP contribution in [0, 0.1) is 5.82 Å². The van der Waals surface area contributed by atoms with E-state index in [0.717, 1.165) is 18.5 Å². The number of amides is 2. The molecule has 9 nitrogen and oxygen atoms in total. The molecule has 2 heterocycles. The van der Waals surface area contributed by atoms with Gasteiger partial charge in [0.1, 0.15) is 18.0 Å². The monoisotopic (exact) mass is 577 g/mol. The second-order valence-corrected chi connectivity index (χ2v) is 10.6. The van der Waals surface area contributed by atoms with Gasteiger partial charge in [0.25, 0.3) is 0 Å². The maximum absolute atomic E-state index is 15.0. The van der Waals surface area contributed by atoms with Crippen LogP contribution in [0.25, 0.3) is 11.3 Å². The molecule has 3 aromatic rings. The van der Waals surface area contributed by atoms with Crippen LogP contribution in [0.5, 0.6) is 0 Å². The molecule has 1 aliphatic carbocycles. The van der Waals surface area contributed by atoms with Crippen molar-refractivity contribution in [2.24, 2.45) is 4.99 Å². The number of aliphatic imine (C=N–C) groups is 1. The zero-order valence-corrected chi connectivity index (χ0v) is 24.1. The van der Waals surface area contributed by atoms with Crippen molar-refractivity contribution < 1.29 is 14.0 Å². The molecule has 11 heteroatoms. The summed E-state index contributed by atoms with van der Waals surface area (Å²) < 4.78 is 15.0. The van der Waals surface area contributed by atoms with Crippen LogP contribution in [0.3, 0.4) is 0 Å². The Morgan fingerprint density at radius 2 is 2.07 bits per heavy atom. The highest BCUT2D eigenvalue weighted by Gasteiger charge is 2.43. The lowest BCUT2D eigenvalue weighted by molar-refractivity contribution is -0.109. The fraction of sp³-hybridized carbons (Fsp3) is 0.333. The van der Waals surface area contributed by atoms with Gasteiger partial charge in [-0.1, -0.05) is 36.7 Å². The predicted molar refractivity (Wildman–Crippen MR) is 159 cm³/mol. The molecule has 0 radical (unpaired) electrons. The zero-order valence-electron chi connectivity index (χ0n) is 23.3. The van der Waals surface area contributed by atoms with Crippen LogP contribution >= 0.6 is 11.6 Å². The highest BCUT2D eigenvalue weighted by atomic mass is 35.5. The van der Waals surface area contributed by atoms with Crippen LogP contribution in [-0.2, 0) is 15.0 Å². The highest BCUT2D eigenvalue weighted by molar-refractivity contribution is 6.33. The van der Waals surface area contributed by atoms with Crippen molar-refractivity contribution >= 4 is 41.8 Å². The highest BCUT2D eigenvalue weighted by Crippen LogP contribution is 2.50. The third-order valence-electron chi connectivity index (χ3n) is 7.27. The van der Waals surface area contributed by atoms with Gasteiger partial charge in [-0.05, 0) is 44.4 Å². The van der Waals surface area contributed by atoms with Crippen LogP contribution in [0.15, 0.2) is 60.5 Å². The lowest BCUT2D eigenvalue weighted by atomic mass is 10.0. The maximum atomic E-state index is 15.0. The number of benzene rings is 1. The van der Waals surface area contributed by atoms with Crippen molar-refractivity contribution in [1.29, 1.82) is 0 Å². The third kappa shape index (κ3) is 6.27. The summed E-state index contributed by atoms with van der Waals surface area (Å²) in [5.74, 6) is 0.181. The van der Waals surface area contributed by atoms with Crippen molar-refractivity contribution in [2.75, 3.05) is 25.0 Å². The first-order valence-corrected chi connectivity index (χ1v) is 13.7. The van der Waals surface area contributed by atoms with Crippen molar-refractivity contribution in [2.45, 2.75) is 44.6 Å². The standard InChI is InChI=1S/C30H33ClFN7O2/c1-5-6-13-38(20(2)15-35-18-40)28(33-4)22-14-23(31)26(21-9-7-8-10-24(21)32)37-29(22)39(19-41)25-16-34-17-36-27(25)30(3)11-12-30/h5,7-10,14,16-20H,1,6,11-13,15H2,2-4H3,(H,35,40)/b33-28+. The molecule has 2 aromatic heterocycles. The fourth-order valence-corrected chi connectivity index (χ4v) is 5.03. The summed E-state index contributed by atoms with van der Waals surface area (Å²) in [6.45, 7) is 8.73. The van der Waals surface area contributed by atoms with Gasteiger partial charge in [0.05, 0.1) is 33.9 Å². The molecule has 0 spiro atoms. The molecule has 4 rings (SSSR count). The number of aromatic nitrogens is 3. The summed E-state index contributed by atoms with van der Waals surface area (Å²) in [5.41, 5.74) is 1.81. The van der Waals surface area contributed by atoms with Gasteiger partial charge >= 0.3 is 0 Å². The number of rotatable bonds is 13. The number of hydrogen-bond donors (Lipinski definition) is 1. The lowest BCUT2D eigenvalue weighted by Gasteiger charge is -2.33. The SMILES string of the molecule is C=CCCN(/C(=N/C)c1cc(Cl)c(-c2ccccc2F)nc1N(C=O)c1cncnc1C1(C)CC1)C(C)CNC=O. The number of carbonyl (C=O) groups excluding carboxylic acids is 2. The van der Waals surface area contributed by atoms with Crippen molar-refractivity contribution in [3.05, 3.63) is 77.6 Å². The van der Waals surface area contributed by atoms with Crippen LogP contribution in [0.4, 0.5) is 15.9 Å². The van der Waals surface area contributed by atoms with Crippen LogP contribution in [0.1, 0.15) is 44.4 Å². The van der Waals surface area contributed by atoms with E-state index in [4.69, 9.17) is 16.6 Å². The first kappa shape index (κ1) is 29.8. The Morgan fingerprint density at radius 1 is 1.32 bits per heavy atom. The smallest absolute Gasteiger partial charge is 0.220 e. The van der Waals surface area contributed by atoms with E-state index in [1.807, 2.05) is 11.8 Å². The molecule has 1 atom stereocenters. The van der Waals surface area contributed by atoms with Gasteiger partial charge in [0.15, 0.2) is 5.82 Å². The molecule has 41 heavy (non-hydrogen) atoms. The number of carbonyl (C=O) groups is 2. The molecule has 1 unspecified atom stereocenters. The first-order chi connectivity index (χ1) is 19.8. The summed E-state index contributed by atoms with van der Waals surface area (Å²) >= 11 is 6.78. The molecular weight excluding hydrogens is 545 g/mol. The minimum Gasteiger partial charge on any atom is -0.357 e. The molecular formula is C30H33ClFN7O2. The molecule has 0 bridgehead atoms. The van der Waals surface area contributed by atoms with Gasteiger partial charge in [0, 0.05) is 37.2 Å².